The fraction of sp³-hybridized carbons (Fsp3) is 0.192. The third-order valence-corrected chi connectivity index (χ3v) is 5.57. The lowest BCUT2D eigenvalue weighted by Gasteiger charge is -2.11. The predicted molar refractivity (Wildman–Crippen MR) is 123 cm³/mol. The molecule has 0 saturated carbocycles. The highest BCUT2D eigenvalue weighted by Gasteiger charge is 2.22. The first-order chi connectivity index (χ1) is 15.5. The molecule has 4 aromatic rings. The molecule has 1 aromatic heterocycles. The first-order valence-electron chi connectivity index (χ1n) is 10.4. The van der Waals surface area contributed by atoms with E-state index in [0.29, 0.717) is 24.2 Å². The smallest absolute Gasteiger partial charge is 0.352 e. The fourth-order valence-corrected chi connectivity index (χ4v) is 4.11. The molecule has 6 heteroatoms. The molecular weight excluding hydrogens is 407 g/mol. The minimum atomic E-state index is -1.01. The molecule has 5 nitrogen and oxygen atoms in total. The zero-order chi connectivity index (χ0) is 22.7. The van der Waals surface area contributed by atoms with Crippen molar-refractivity contribution >= 4 is 16.9 Å². The molecule has 1 heterocycles. The van der Waals surface area contributed by atoms with Crippen molar-refractivity contribution in [3.05, 3.63) is 100 Å². The summed E-state index contributed by atoms with van der Waals surface area (Å²) in [6.07, 6.45) is 0. The average Bonchev–Trinajstić information content (AvgIpc) is 3.07. The van der Waals surface area contributed by atoms with Gasteiger partial charge in [-0.2, -0.15) is 0 Å². The average molecular weight is 432 g/mol. The van der Waals surface area contributed by atoms with Crippen LogP contribution in [0.15, 0.2) is 66.7 Å². The third-order valence-electron chi connectivity index (χ3n) is 5.57. The van der Waals surface area contributed by atoms with Gasteiger partial charge in [-0.3, -0.25) is 0 Å². The lowest BCUT2D eigenvalue weighted by atomic mass is 10.1. The first-order valence-corrected chi connectivity index (χ1v) is 10.4. The van der Waals surface area contributed by atoms with Gasteiger partial charge in [0, 0.05) is 41.7 Å². The maximum Gasteiger partial charge on any atom is 0.352 e. The molecule has 2 N–H and O–H groups in total. The van der Waals surface area contributed by atoms with E-state index in [-0.39, 0.29) is 18.1 Å². The molecule has 4 rings (SSSR count). The van der Waals surface area contributed by atoms with Gasteiger partial charge in [0.15, 0.2) is 0 Å². The number of ether oxygens (including phenoxy) is 1. The molecule has 3 aromatic carbocycles. The lowest BCUT2D eigenvalue weighted by Crippen LogP contribution is -2.17. The standard InChI is InChI=1S/C26H25FN2O3/c1-17-10-11-21-22(15-28-14-19-7-3-4-9-24(19)32-2)25(26(30)31)29(23(21)12-17)16-18-6-5-8-20(27)13-18/h3-13,28H,14-16H2,1-2H3,(H,30,31). The van der Waals surface area contributed by atoms with Gasteiger partial charge in [0.05, 0.1) is 7.11 Å². The van der Waals surface area contributed by atoms with E-state index in [2.05, 4.69) is 5.32 Å². The summed E-state index contributed by atoms with van der Waals surface area (Å²) in [5.74, 6) is -0.572. The number of nitrogens with zero attached hydrogens (tertiary/aromatic N) is 1. The van der Waals surface area contributed by atoms with E-state index in [4.69, 9.17) is 4.74 Å². The minimum absolute atomic E-state index is 0.211. The molecule has 0 aliphatic rings. The number of nitrogens with one attached hydrogen (secondary N) is 1. The van der Waals surface area contributed by atoms with Gasteiger partial charge in [-0.15, -0.1) is 0 Å². The van der Waals surface area contributed by atoms with Gasteiger partial charge >= 0.3 is 5.97 Å². The highest BCUT2D eigenvalue weighted by molar-refractivity contribution is 5.98. The summed E-state index contributed by atoms with van der Waals surface area (Å²) in [6.45, 7) is 3.14. The molecule has 0 unspecified atom stereocenters. The Labute approximate surface area is 186 Å². The Morgan fingerprint density at radius 3 is 2.62 bits per heavy atom. The molecular formula is C26H25FN2O3. The van der Waals surface area contributed by atoms with Crippen molar-refractivity contribution in [3.63, 3.8) is 0 Å². The van der Waals surface area contributed by atoms with E-state index in [9.17, 15) is 14.3 Å². The lowest BCUT2D eigenvalue weighted by molar-refractivity contribution is 0.0684. The van der Waals surface area contributed by atoms with Gasteiger partial charge in [0.1, 0.15) is 17.3 Å². The van der Waals surface area contributed by atoms with Crippen LogP contribution in [0.1, 0.15) is 32.7 Å². The summed E-state index contributed by atoms with van der Waals surface area (Å²) in [6, 6.07) is 19.9. The Morgan fingerprint density at radius 2 is 1.88 bits per heavy atom. The van der Waals surface area contributed by atoms with Gasteiger partial charge < -0.3 is 19.7 Å². The maximum absolute atomic E-state index is 13.8. The van der Waals surface area contributed by atoms with Crippen LogP contribution in [0.2, 0.25) is 0 Å². The van der Waals surface area contributed by atoms with E-state index < -0.39 is 5.97 Å². The van der Waals surface area contributed by atoms with E-state index in [1.807, 2.05) is 49.4 Å². The Hall–Kier alpha value is -3.64. The number of methoxy groups -OCH3 is 1. The Bertz CT molecular complexity index is 1280. The highest BCUT2D eigenvalue weighted by atomic mass is 19.1. The fourth-order valence-electron chi connectivity index (χ4n) is 4.11. The number of benzene rings is 3. The van der Waals surface area contributed by atoms with Crippen LogP contribution in [0.5, 0.6) is 5.75 Å². The van der Waals surface area contributed by atoms with Crippen molar-refractivity contribution in [1.29, 1.82) is 0 Å². The molecule has 0 aliphatic carbocycles. The summed E-state index contributed by atoms with van der Waals surface area (Å²) in [5, 5.41) is 14.3. The Balaban J connectivity index is 1.73. The van der Waals surface area contributed by atoms with Gasteiger partial charge in [0.2, 0.25) is 0 Å². The van der Waals surface area contributed by atoms with Crippen LogP contribution in [0.25, 0.3) is 10.9 Å². The number of carboxylic acid groups (broad SMARTS) is 1. The summed E-state index contributed by atoms with van der Waals surface area (Å²) < 4.78 is 20.9. The van der Waals surface area contributed by atoms with Crippen molar-refractivity contribution in [1.82, 2.24) is 9.88 Å². The molecule has 0 amide bonds. The second kappa shape index (κ2) is 9.24. The van der Waals surface area contributed by atoms with Gasteiger partial charge in [-0.25, -0.2) is 9.18 Å². The summed E-state index contributed by atoms with van der Waals surface area (Å²) in [4.78, 5) is 12.3. The summed E-state index contributed by atoms with van der Waals surface area (Å²) in [7, 11) is 1.63. The largest absolute Gasteiger partial charge is 0.496 e. The second-order valence-corrected chi connectivity index (χ2v) is 7.78. The number of aryl methyl sites for hydroxylation is 1. The van der Waals surface area contributed by atoms with E-state index in [0.717, 1.165) is 27.8 Å². The Morgan fingerprint density at radius 1 is 1.06 bits per heavy atom. The number of hydrogen-bond acceptors (Lipinski definition) is 3. The van der Waals surface area contributed by atoms with Crippen LogP contribution in [0, 0.1) is 12.7 Å². The molecule has 0 spiro atoms. The van der Waals surface area contributed by atoms with Crippen LogP contribution in [-0.2, 0) is 19.6 Å². The van der Waals surface area contributed by atoms with Crippen LogP contribution < -0.4 is 10.1 Å². The van der Waals surface area contributed by atoms with E-state index >= 15 is 0 Å². The number of aromatic carboxylic acids is 1. The van der Waals surface area contributed by atoms with Crippen LogP contribution in [0.3, 0.4) is 0 Å². The zero-order valence-corrected chi connectivity index (χ0v) is 18.1. The SMILES string of the molecule is COc1ccccc1CNCc1c(C(=O)O)n(Cc2cccc(F)c2)c2cc(C)ccc12. The van der Waals surface area contributed by atoms with Crippen LogP contribution in [0.4, 0.5) is 4.39 Å². The highest BCUT2D eigenvalue weighted by Crippen LogP contribution is 2.29. The van der Waals surface area contributed by atoms with Gasteiger partial charge in [-0.1, -0.05) is 42.5 Å². The first kappa shape index (κ1) is 21.6. The number of halogens is 1. The predicted octanol–water partition coefficient (Wildman–Crippen LogP) is 5.13. The molecule has 0 aliphatic heterocycles. The van der Waals surface area contributed by atoms with Gasteiger partial charge in [0.25, 0.3) is 0 Å². The zero-order valence-electron chi connectivity index (χ0n) is 18.1. The molecule has 32 heavy (non-hydrogen) atoms. The monoisotopic (exact) mass is 432 g/mol. The number of aromatic nitrogens is 1. The molecule has 164 valence electrons. The van der Waals surface area contributed by atoms with Gasteiger partial charge in [-0.05, 0) is 42.3 Å². The van der Waals surface area contributed by atoms with Crippen molar-refractivity contribution in [2.24, 2.45) is 0 Å². The number of rotatable bonds is 8. The molecule has 0 fully saturated rings. The third kappa shape index (κ3) is 4.36. The van der Waals surface area contributed by atoms with E-state index in [1.54, 1.807) is 23.8 Å². The van der Waals surface area contributed by atoms with Crippen molar-refractivity contribution in [3.8, 4) is 5.75 Å². The Kier molecular flexibility index (Phi) is 6.23. The van der Waals surface area contributed by atoms with Crippen molar-refractivity contribution in [2.45, 2.75) is 26.6 Å². The number of carboxylic acids is 1. The maximum atomic E-state index is 13.8. The number of fused-ring (bicyclic) bond motifs is 1. The molecule has 0 radical (unpaired) electrons. The quantitative estimate of drug-likeness (QED) is 0.405. The van der Waals surface area contributed by atoms with E-state index in [1.165, 1.54) is 12.1 Å². The minimum Gasteiger partial charge on any atom is -0.496 e. The normalized spacial score (nSPS) is 11.1. The van der Waals surface area contributed by atoms with Crippen molar-refractivity contribution in [2.75, 3.05) is 7.11 Å². The number of para-hydroxylation sites is 1. The van der Waals surface area contributed by atoms with Crippen molar-refractivity contribution < 1.29 is 19.0 Å². The topological polar surface area (TPSA) is 63.5 Å². The van der Waals surface area contributed by atoms with Crippen LogP contribution in [-0.4, -0.2) is 22.8 Å². The molecule has 0 bridgehead atoms. The molecule has 0 atom stereocenters. The molecule has 0 saturated heterocycles. The second-order valence-electron chi connectivity index (χ2n) is 7.78. The summed E-state index contributed by atoms with van der Waals surface area (Å²) >= 11 is 0. The summed E-state index contributed by atoms with van der Waals surface area (Å²) in [5.41, 5.74) is 4.47. The number of carbonyl (C=O) groups is 1. The number of hydrogen-bond donors (Lipinski definition) is 2. The van der Waals surface area contributed by atoms with Crippen LogP contribution >= 0.6 is 0 Å².